The van der Waals surface area contributed by atoms with Crippen LogP contribution < -0.4 is 15.0 Å². The van der Waals surface area contributed by atoms with Crippen LogP contribution in [0.4, 0.5) is 17.5 Å². The first kappa shape index (κ1) is 19.2. The van der Waals surface area contributed by atoms with E-state index in [4.69, 9.17) is 9.72 Å². The Morgan fingerprint density at radius 1 is 0.931 bits per heavy atom. The van der Waals surface area contributed by atoms with E-state index in [-0.39, 0.29) is 0 Å². The van der Waals surface area contributed by atoms with Gasteiger partial charge in [0.2, 0.25) is 5.95 Å². The molecule has 0 atom stereocenters. The lowest BCUT2D eigenvalue weighted by molar-refractivity contribution is 0.270. The molecule has 6 nitrogen and oxygen atoms in total. The van der Waals surface area contributed by atoms with E-state index in [1.807, 2.05) is 61.5 Å². The van der Waals surface area contributed by atoms with Gasteiger partial charge in [-0.05, 0) is 37.7 Å². The number of ether oxygens (including phenoxy) is 1. The second-order valence-corrected chi connectivity index (χ2v) is 7.15. The van der Waals surface area contributed by atoms with E-state index in [1.54, 1.807) is 0 Å². The third-order valence-corrected chi connectivity index (χ3v) is 5.09. The van der Waals surface area contributed by atoms with Crippen molar-refractivity contribution in [3.05, 3.63) is 66.4 Å². The summed E-state index contributed by atoms with van der Waals surface area (Å²) in [5, 5.41) is 3.35. The lowest BCUT2D eigenvalue weighted by atomic mass is 10.3. The molecule has 0 spiro atoms. The molecule has 1 aromatic heterocycles. The highest BCUT2D eigenvalue weighted by Crippen LogP contribution is 2.31. The number of nitrogens with zero attached hydrogens (tertiary/aromatic N) is 4. The summed E-state index contributed by atoms with van der Waals surface area (Å²) in [4.78, 5) is 14.2. The van der Waals surface area contributed by atoms with Crippen LogP contribution in [0.3, 0.4) is 0 Å². The van der Waals surface area contributed by atoms with Crippen LogP contribution in [0, 0.1) is 6.92 Å². The first-order valence-electron chi connectivity index (χ1n) is 10.1. The number of aromatic nitrogens is 2. The smallest absolute Gasteiger partial charge is 0.229 e. The summed E-state index contributed by atoms with van der Waals surface area (Å²) in [6.07, 6.45) is 0. The van der Waals surface area contributed by atoms with Gasteiger partial charge in [-0.3, -0.25) is 0 Å². The van der Waals surface area contributed by atoms with Gasteiger partial charge in [0, 0.05) is 37.9 Å². The molecule has 1 N–H and O–H groups in total. The second kappa shape index (κ2) is 8.92. The Labute approximate surface area is 172 Å². The van der Waals surface area contributed by atoms with Gasteiger partial charge in [-0.2, -0.15) is 4.98 Å². The normalized spacial score (nSPS) is 14.6. The molecule has 0 unspecified atom stereocenters. The minimum Gasteiger partial charge on any atom is -0.455 e. The van der Waals surface area contributed by atoms with Crippen LogP contribution in [0.2, 0.25) is 0 Å². The number of anilines is 3. The summed E-state index contributed by atoms with van der Waals surface area (Å²) in [6, 6.07) is 19.7. The van der Waals surface area contributed by atoms with Gasteiger partial charge in [0.15, 0.2) is 5.75 Å². The first-order chi connectivity index (χ1) is 14.2. The molecule has 0 saturated carbocycles. The van der Waals surface area contributed by atoms with Gasteiger partial charge in [0.25, 0.3) is 0 Å². The van der Waals surface area contributed by atoms with Crippen molar-refractivity contribution in [2.75, 3.05) is 42.9 Å². The summed E-state index contributed by atoms with van der Waals surface area (Å²) in [5.41, 5.74) is 1.78. The third kappa shape index (κ3) is 4.84. The molecule has 0 radical (unpaired) electrons. The zero-order valence-electron chi connectivity index (χ0n) is 17.0. The maximum Gasteiger partial charge on any atom is 0.229 e. The van der Waals surface area contributed by atoms with Crippen molar-refractivity contribution in [2.24, 2.45) is 0 Å². The Bertz CT molecular complexity index is 939. The van der Waals surface area contributed by atoms with Crippen molar-refractivity contribution >= 4 is 17.5 Å². The minimum atomic E-state index is 0.585. The van der Waals surface area contributed by atoms with E-state index < -0.39 is 0 Å². The summed E-state index contributed by atoms with van der Waals surface area (Å²) in [7, 11) is 0. The van der Waals surface area contributed by atoms with Gasteiger partial charge in [-0.15, -0.1) is 0 Å². The van der Waals surface area contributed by atoms with Crippen molar-refractivity contribution < 1.29 is 4.74 Å². The number of benzene rings is 2. The van der Waals surface area contributed by atoms with E-state index in [0.717, 1.165) is 61.4 Å². The molecule has 150 valence electrons. The molecule has 6 heteroatoms. The predicted octanol–water partition coefficient (Wildman–Crippen LogP) is 4.46. The molecule has 4 rings (SSSR count). The van der Waals surface area contributed by atoms with Crippen LogP contribution in [-0.2, 0) is 0 Å². The van der Waals surface area contributed by atoms with E-state index >= 15 is 0 Å². The monoisotopic (exact) mass is 389 g/mol. The third-order valence-electron chi connectivity index (χ3n) is 5.09. The topological polar surface area (TPSA) is 53.5 Å². The molecule has 0 amide bonds. The lowest BCUT2D eigenvalue weighted by Crippen LogP contribution is -2.46. The SMILES string of the molecule is CCN1CCN(c2cc(C)nc(Nc3ccccc3Oc3ccccc3)n2)CC1. The fraction of sp³-hybridized carbons (Fsp3) is 0.304. The van der Waals surface area contributed by atoms with Gasteiger partial charge in [0.1, 0.15) is 11.6 Å². The largest absolute Gasteiger partial charge is 0.455 e. The number of hydrogen-bond acceptors (Lipinski definition) is 6. The zero-order chi connectivity index (χ0) is 20.1. The van der Waals surface area contributed by atoms with Gasteiger partial charge in [-0.1, -0.05) is 37.3 Å². The van der Waals surface area contributed by atoms with Crippen molar-refractivity contribution in [3.63, 3.8) is 0 Å². The molecule has 1 saturated heterocycles. The van der Waals surface area contributed by atoms with Crippen LogP contribution >= 0.6 is 0 Å². The Balaban J connectivity index is 1.54. The average Bonchev–Trinajstić information content (AvgIpc) is 2.75. The molecule has 0 aliphatic carbocycles. The number of aryl methyl sites for hydroxylation is 1. The highest BCUT2D eigenvalue weighted by atomic mass is 16.5. The van der Waals surface area contributed by atoms with Gasteiger partial charge < -0.3 is 19.9 Å². The second-order valence-electron chi connectivity index (χ2n) is 7.15. The highest BCUT2D eigenvalue weighted by molar-refractivity contribution is 5.64. The first-order valence-corrected chi connectivity index (χ1v) is 10.1. The summed E-state index contributed by atoms with van der Waals surface area (Å²) in [6.45, 7) is 9.41. The lowest BCUT2D eigenvalue weighted by Gasteiger charge is -2.34. The summed E-state index contributed by atoms with van der Waals surface area (Å²) < 4.78 is 6.05. The number of para-hydroxylation sites is 3. The van der Waals surface area contributed by atoms with Crippen LogP contribution in [0.25, 0.3) is 0 Å². The van der Waals surface area contributed by atoms with Crippen molar-refractivity contribution in [3.8, 4) is 11.5 Å². The van der Waals surface area contributed by atoms with Crippen LogP contribution in [-0.4, -0.2) is 47.6 Å². The van der Waals surface area contributed by atoms with Gasteiger partial charge >= 0.3 is 0 Å². The fourth-order valence-electron chi connectivity index (χ4n) is 3.46. The number of nitrogens with one attached hydrogen (secondary N) is 1. The Kier molecular flexibility index (Phi) is 5.91. The number of likely N-dealkylation sites (N-methyl/N-ethyl adjacent to an activating group) is 1. The van der Waals surface area contributed by atoms with Gasteiger partial charge in [0.05, 0.1) is 5.69 Å². The van der Waals surface area contributed by atoms with E-state index in [9.17, 15) is 0 Å². The number of rotatable bonds is 6. The maximum absolute atomic E-state index is 6.05. The molecular formula is C23H27N5O. The predicted molar refractivity (Wildman–Crippen MR) is 117 cm³/mol. The minimum absolute atomic E-state index is 0.585. The average molecular weight is 390 g/mol. The molecule has 1 fully saturated rings. The van der Waals surface area contributed by atoms with Crippen molar-refractivity contribution in [1.29, 1.82) is 0 Å². The number of hydrogen-bond donors (Lipinski definition) is 1. The molecule has 29 heavy (non-hydrogen) atoms. The molecule has 2 heterocycles. The molecule has 1 aliphatic heterocycles. The van der Waals surface area contributed by atoms with E-state index in [1.165, 1.54) is 0 Å². The Morgan fingerprint density at radius 2 is 1.66 bits per heavy atom. The summed E-state index contributed by atoms with van der Waals surface area (Å²) in [5.74, 6) is 3.09. The quantitative estimate of drug-likeness (QED) is 0.672. The van der Waals surface area contributed by atoms with Crippen LogP contribution in [0.5, 0.6) is 11.5 Å². The van der Waals surface area contributed by atoms with E-state index in [2.05, 4.69) is 33.1 Å². The van der Waals surface area contributed by atoms with Crippen molar-refractivity contribution in [1.82, 2.24) is 14.9 Å². The molecule has 0 bridgehead atoms. The zero-order valence-corrected chi connectivity index (χ0v) is 17.0. The molecule has 3 aromatic rings. The van der Waals surface area contributed by atoms with E-state index in [0.29, 0.717) is 5.95 Å². The highest BCUT2D eigenvalue weighted by Gasteiger charge is 2.18. The van der Waals surface area contributed by atoms with Crippen molar-refractivity contribution in [2.45, 2.75) is 13.8 Å². The standard InChI is InChI=1S/C23H27N5O/c1-3-27-13-15-28(16-14-27)22-17-18(2)24-23(26-22)25-20-11-7-8-12-21(20)29-19-9-5-4-6-10-19/h4-12,17H,3,13-16H2,1-2H3,(H,24,25,26). The Hall–Kier alpha value is -3.12. The summed E-state index contributed by atoms with van der Waals surface area (Å²) >= 11 is 0. The van der Waals surface area contributed by atoms with Crippen LogP contribution in [0.1, 0.15) is 12.6 Å². The molecule has 2 aromatic carbocycles. The maximum atomic E-state index is 6.05. The number of piperazine rings is 1. The van der Waals surface area contributed by atoms with Gasteiger partial charge in [-0.25, -0.2) is 4.98 Å². The van der Waals surface area contributed by atoms with Crippen LogP contribution in [0.15, 0.2) is 60.7 Å². The Morgan fingerprint density at radius 3 is 2.41 bits per heavy atom. The molecule has 1 aliphatic rings. The molecular weight excluding hydrogens is 362 g/mol. The fourth-order valence-corrected chi connectivity index (χ4v) is 3.46.